The van der Waals surface area contributed by atoms with Crippen molar-refractivity contribution < 1.29 is 9.47 Å². The standard InChI is InChI=1S/C18H16O2/c1-19-16-11-10-15-8-5-9-18(17(15)12-16)20-13-14-6-3-2-4-7-14/h2-12H,13H2,1H3. The highest BCUT2D eigenvalue weighted by molar-refractivity contribution is 5.89. The third-order valence-electron chi connectivity index (χ3n) is 3.29. The van der Waals surface area contributed by atoms with Gasteiger partial charge >= 0.3 is 0 Å². The van der Waals surface area contributed by atoms with Crippen LogP contribution in [0.5, 0.6) is 11.5 Å². The Morgan fingerprint density at radius 3 is 2.50 bits per heavy atom. The van der Waals surface area contributed by atoms with E-state index in [2.05, 4.69) is 18.2 Å². The number of hydrogen-bond acceptors (Lipinski definition) is 2. The summed E-state index contributed by atoms with van der Waals surface area (Å²) in [5.74, 6) is 1.72. The minimum atomic E-state index is 0.567. The maximum atomic E-state index is 5.95. The van der Waals surface area contributed by atoms with Crippen molar-refractivity contribution in [2.24, 2.45) is 0 Å². The van der Waals surface area contributed by atoms with Gasteiger partial charge in [-0.25, -0.2) is 0 Å². The summed E-state index contributed by atoms with van der Waals surface area (Å²) in [5.41, 5.74) is 1.16. The maximum absolute atomic E-state index is 5.95. The minimum Gasteiger partial charge on any atom is -0.497 e. The third-order valence-corrected chi connectivity index (χ3v) is 3.29. The van der Waals surface area contributed by atoms with Gasteiger partial charge < -0.3 is 9.47 Å². The van der Waals surface area contributed by atoms with E-state index >= 15 is 0 Å². The fourth-order valence-electron chi connectivity index (χ4n) is 2.21. The molecule has 0 saturated heterocycles. The van der Waals surface area contributed by atoms with Crippen LogP contribution < -0.4 is 9.47 Å². The van der Waals surface area contributed by atoms with Crippen LogP contribution >= 0.6 is 0 Å². The van der Waals surface area contributed by atoms with E-state index in [1.807, 2.05) is 48.5 Å². The summed E-state index contributed by atoms with van der Waals surface area (Å²) in [6.07, 6.45) is 0. The average Bonchev–Trinajstić information content (AvgIpc) is 2.53. The predicted molar refractivity (Wildman–Crippen MR) is 81.3 cm³/mol. The van der Waals surface area contributed by atoms with Gasteiger partial charge in [0.25, 0.3) is 0 Å². The van der Waals surface area contributed by atoms with E-state index in [1.54, 1.807) is 7.11 Å². The SMILES string of the molecule is COc1ccc2cccc(OCc3ccccc3)c2c1. The topological polar surface area (TPSA) is 18.5 Å². The molecule has 0 aliphatic carbocycles. The second-order valence-electron chi connectivity index (χ2n) is 4.62. The van der Waals surface area contributed by atoms with Crippen LogP contribution in [0.4, 0.5) is 0 Å². The Hall–Kier alpha value is -2.48. The van der Waals surface area contributed by atoms with Crippen LogP contribution in [-0.4, -0.2) is 7.11 Å². The average molecular weight is 264 g/mol. The van der Waals surface area contributed by atoms with E-state index in [1.165, 1.54) is 0 Å². The molecule has 0 unspecified atom stereocenters. The zero-order chi connectivity index (χ0) is 13.8. The van der Waals surface area contributed by atoms with E-state index in [-0.39, 0.29) is 0 Å². The number of methoxy groups -OCH3 is 1. The molecule has 3 aromatic rings. The zero-order valence-corrected chi connectivity index (χ0v) is 11.4. The summed E-state index contributed by atoms with van der Waals surface area (Å²) >= 11 is 0. The van der Waals surface area contributed by atoms with Gasteiger partial charge in [0, 0.05) is 5.39 Å². The molecule has 0 fully saturated rings. The normalized spacial score (nSPS) is 10.4. The molecular weight excluding hydrogens is 248 g/mol. The van der Waals surface area contributed by atoms with Gasteiger partial charge in [-0.1, -0.05) is 48.5 Å². The van der Waals surface area contributed by atoms with E-state index in [0.717, 1.165) is 27.8 Å². The molecule has 0 heterocycles. The summed E-state index contributed by atoms with van der Waals surface area (Å²) in [6, 6.07) is 22.3. The lowest BCUT2D eigenvalue weighted by molar-refractivity contribution is 0.310. The summed E-state index contributed by atoms with van der Waals surface area (Å²) < 4.78 is 11.2. The monoisotopic (exact) mass is 264 g/mol. The number of ether oxygens (including phenoxy) is 2. The highest BCUT2D eigenvalue weighted by atomic mass is 16.5. The largest absolute Gasteiger partial charge is 0.497 e. The van der Waals surface area contributed by atoms with Gasteiger partial charge in [0.2, 0.25) is 0 Å². The van der Waals surface area contributed by atoms with Gasteiger partial charge in [-0.2, -0.15) is 0 Å². The minimum absolute atomic E-state index is 0.567. The van der Waals surface area contributed by atoms with Crippen LogP contribution in [0.15, 0.2) is 66.7 Å². The number of benzene rings is 3. The Labute approximate surface area is 118 Å². The first-order chi connectivity index (χ1) is 9.86. The number of rotatable bonds is 4. The first-order valence-corrected chi connectivity index (χ1v) is 6.60. The van der Waals surface area contributed by atoms with Crippen LogP contribution in [0.3, 0.4) is 0 Å². The molecule has 0 N–H and O–H groups in total. The fraction of sp³-hybridized carbons (Fsp3) is 0.111. The molecule has 3 rings (SSSR count). The molecule has 0 aliphatic heterocycles. The van der Waals surface area contributed by atoms with Gasteiger partial charge in [-0.3, -0.25) is 0 Å². The van der Waals surface area contributed by atoms with Crippen LogP contribution in [0, 0.1) is 0 Å². The van der Waals surface area contributed by atoms with Gasteiger partial charge in [-0.05, 0) is 29.1 Å². The smallest absolute Gasteiger partial charge is 0.127 e. The molecule has 0 bridgehead atoms. The van der Waals surface area contributed by atoms with Crippen molar-refractivity contribution in [2.45, 2.75) is 6.61 Å². The van der Waals surface area contributed by atoms with E-state index < -0.39 is 0 Å². The molecule has 2 heteroatoms. The second kappa shape index (κ2) is 5.66. The van der Waals surface area contributed by atoms with Crippen molar-refractivity contribution in [3.8, 4) is 11.5 Å². The fourth-order valence-corrected chi connectivity index (χ4v) is 2.21. The zero-order valence-electron chi connectivity index (χ0n) is 11.4. The first-order valence-electron chi connectivity index (χ1n) is 6.60. The van der Waals surface area contributed by atoms with Crippen LogP contribution in [0.1, 0.15) is 5.56 Å². The van der Waals surface area contributed by atoms with Crippen LogP contribution in [-0.2, 0) is 6.61 Å². The summed E-state index contributed by atoms with van der Waals surface area (Å²) in [7, 11) is 1.68. The quantitative estimate of drug-likeness (QED) is 0.694. The van der Waals surface area contributed by atoms with Crippen molar-refractivity contribution in [2.75, 3.05) is 7.11 Å². The van der Waals surface area contributed by atoms with Gasteiger partial charge in [0.15, 0.2) is 0 Å². The van der Waals surface area contributed by atoms with Crippen molar-refractivity contribution >= 4 is 10.8 Å². The van der Waals surface area contributed by atoms with Crippen LogP contribution in [0.25, 0.3) is 10.8 Å². The second-order valence-corrected chi connectivity index (χ2v) is 4.62. The molecule has 100 valence electrons. The molecule has 3 aromatic carbocycles. The molecule has 0 atom stereocenters. The van der Waals surface area contributed by atoms with E-state index in [9.17, 15) is 0 Å². The van der Waals surface area contributed by atoms with Gasteiger partial charge in [0.1, 0.15) is 18.1 Å². The Balaban J connectivity index is 1.90. The van der Waals surface area contributed by atoms with E-state index in [0.29, 0.717) is 6.61 Å². The molecule has 2 nitrogen and oxygen atoms in total. The number of hydrogen-bond donors (Lipinski definition) is 0. The summed E-state index contributed by atoms with van der Waals surface area (Å²) in [6.45, 7) is 0.567. The highest BCUT2D eigenvalue weighted by Crippen LogP contribution is 2.29. The predicted octanol–water partition coefficient (Wildman–Crippen LogP) is 4.43. The molecule has 20 heavy (non-hydrogen) atoms. The molecular formula is C18H16O2. The lowest BCUT2D eigenvalue weighted by Gasteiger charge is -2.10. The lowest BCUT2D eigenvalue weighted by Crippen LogP contribution is -1.95. The summed E-state index contributed by atoms with van der Waals surface area (Å²) in [5, 5.41) is 2.22. The molecule has 0 aliphatic rings. The van der Waals surface area contributed by atoms with Crippen LogP contribution in [0.2, 0.25) is 0 Å². The molecule has 0 radical (unpaired) electrons. The van der Waals surface area contributed by atoms with Crippen molar-refractivity contribution in [1.82, 2.24) is 0 Å². The molecule has 0 aromatic heterocycles. The summed E-state index contributed by atoms with van der Waals surface area (Å²) in [4.78, 5) is 0. The first kappa shape index (κ1) is 12.5. The lowest BCUT2D eigenvalue weighted by atomic mass is 10.1. The highest BCUT2D eigenvalue weighted by Gasteiger charge is 2.04. The van der Waals surface area contributed by atoms with Crippen molar-refractivity contribution in [3.63, 3.8) is 0 Å². The Morgan fingerprint density at radius 2 is 1.70 bits per heavy atom. The molecule has 0 amide bonds. The van der Waals surface area contributed by atoms with Gasteiger partial charge in [0.05, 0.1) is 7.11 Å². The Bertz CT molecular complexity index is 705. The molecule has 0 saturated carbocycles. The van der Waals surface area contributed by atoms with Crippen molar-refractivity contribution in [3.05, 3.63) is 72.3 Å². The maximum Gasteiger partial charge on any atom is 0.127 e. The van der Waals surface area contributed by atoms with Crippen molar-refractivity contribution in [1.29, 1.82) is 0 Å². The number of fused-ring (bicyclic) bond motifs is 1. The Morgan fingerprint density at radius 1 is 0.850 bits per heavy atom. The Kier molecular flexibility index (Phi) is 3.55. The van der Waals surface area contributed by atoms with E-state index in [4.69, 9.17) is 9.47 Å². The molecule has 0 spiro atoms. The van der Waals surface area contributed by atoms with Gasteiger partial charge in [-0.15, -0.1) is 0 Å². The third kappa shape index (κ3) is 2.59.